The third-order valence-corrected chi connectivity index (χ3v) is 3.21. The Bertz CT molecular complexity index is 411. The Morgan fingerprint density at radius 1 is 1.31 bits per heavy atom. The molecular weight excluding hydrogens is 228 g/mol. The first kappa shape index (κ1) is 13.2. The van der Waals surface area contributed by atoms with Crippen LogP contribution in [0.3, 0.4) is 0 Å². The Balaban J connectivity index is 2.16. The second-order valence-electron chi connectivity index (χ2n) is 3.80. The molecule has 1 rings (SSSR count). The van der Waals surface area contributed by atoms with Gasteiger partial charge in [0.25, 0.3) is 0 Å². The Morgan fingerprint density at radius 3 is 2.62 bits per heavy atom. The van der Waals surface area contributed by atoms with Gasteiger partial charge in [0.1, 0.15) is 12.4 Å². The van der Waals surface area contributed by atoms with Crippen LogP contribution in [0.1, 0.15) is 26.2 Å². The van der Waals surface area contributed by atoms with Crippen molar-refractivity contribution in [2.45, 2.75) is 39.3 Å². The van der Waals surface area contributed by atoms with Crippen LogP contribution in [0.25, 0.3) is 0 Å². The Hall–Kier alpha value is -0.880. The Kier molecular flexibility index (Phi) is 4.95. The monoisotopic (exact) mass is 246 g/mol. The van der Waals surface area contributed by atoms with Gasteiger partial charge in [0.05, 0.1) is 23.2 Å². The van der Waals surface area contributed by atoms with Crippen molar-refractivity contribution in [3.8, 4) is 0 Å². The van der Waals surface area contributed by atoms with Gasteiger partial charge in [-0.05, 0) is 26.2 Å². The fourth-order valence-electron chi connectivity index (χ4n) is 1.51. The highest BCUT2D eigenvalue weighted by Gasteiger charge is 2.01. The molecule has 0 saturated heterocycles. The highest BCUT2D eigenvalue weighted by molar-refractivity contribution is 7.85. The van der Waals surface area contributed by atoms with Crippen LogP contribution < -0.4 is 4.57 Å². The van der Waals surface area contributed by atoms with Gasteiger partial charge in [-0.2, -0.15) is 0 Å². The van der Waals surface area contributed by atoms with Gasteiger partial charge in [-0.1, -0.05) is 0 Å². The lowest BCUT2D eigenvalue weighted by atomic mass is 10.2. The Labute approximate surface area is 96.5 Å². The second kappa shape index (κ2) is 6.00. The number of aryl methyl sites for hydroxylation is 2. The lowest BCUT2D eigenvalue weighted by Crippen LogP contribution is -2.30. The molecule has 0 radical (unpaired) electrons. The molecule has 0 aliphatic heterocycles. The molecule has 1 aromatic rings. The van der Waals surface area contributed by atoms with E-state index in [9.17, 15) is 13.0 Å². The summed E-state index contributed by atoms with van der Waals surface area (Å²) in [5.74, 6) is -0.242. The molecule has 1 heterocycles. The molecule has 0 aliphatic rings. The summed E-state index contributed by atoms with van der Waals surface area (Å²) in [6, 6.07) is 0. The first-order valence-corrected chi connectivity index (χ1v) is 7.07. The largest absolute Gasteiger partial charge is 0.748 e. The molecule has 6 heteroatoms. The SMILES string of the molecule is CCn1cc[n+](CCCCCS(=O)(=O)[O-])c1. The summed E-state index contributed by atoms with van der Waals surface area (Å²) in [6.07, 6.45) is 8.14. The van der Waals surface area contributed by atoms with Crippen LogP contribution in [-0.4, -0.2) is 23.3 Å². The van der Waals surface area contributed by atoms with E-state index >= 15 is 0 Å². The van der Waals surface area contributed by atoms with Gasteiger partial charge in [-0.15, -0.1) is 0 Å². The van der Waals surface area contributed by atoms with E-state index in [1.165, 1.54) is 0 Å². The summed E-state index contributed by atoms with van der Waals surface area (Å²) in [6.45, 7) is 3.89. The van der Waals surface area contributed by atoms with Crippen molar-refractivity contribution < 1.29 is 17.5 Å². The molecule has 0 fully saturated rings. The Morgan fingerprint density at radius 2 is 2.06 bits per heavy atom. The van der Waals surface area contributed by atoms with Crippen LogP contribution in [-0.2, 0) is 23.2 Å². The minimum absolute atomic E-state index is 0.242. The average Bonchev–Trinajstić information content (AvgIpc) is 2.63. The average molecular weight is 246 g/mol. The van der Waals surface area contributed by atoms with E-state index < -0.39 is 10.1 Å². The molecule has 1 aromatic heterocycles. The van der Waals surface area contributed by atoms with E-state index in [1.807, 2.05) is 18.7 Å². The molecule has 0 unspecified atom stereocenters. The molecule has 5 nitrogen and oxygen atoms in total. The second-order valence-corrected chi connectivity index (χ2v) is 5.33. The van der Waals surface area contributed by atoms with Crippen LogP contribution in [0, 0.1) is 0 Å². The summed E-state index contributed by atoms with van der Waals surface area (Å²) >= 11 is 0. The van der Waals surface area contributed by atoms with Crippen molar-refractivity contribution in [2.75, 3.05) is 5.75 Å². The first-order valence-electron chi connectivity index (χ1n) is 5.49. The number of nitrogens with zero attached hydrogens (tertiary/aromatic N) is 2. The molecule has 16 heavy (non-hydrogen) atoms. The van der Waals surface area contributed by atoms with Crippen molar-refractivity contribution >= 4 is 10.1 Å². The van der Waals surface area contributed by atoms with Gasteiger partial charge in [-0.25, -0.2) is 17.6 Å². The van der Waals surface area contributed by atoms with Crippen molar-refractivity contribution in [3.63, 3.8) is 0 Å². The van der Waals surface area contributed by atoms with Crippen LogP contribution in [0.2, 0.25) is 0 Å². The van der Waals surface area contributed by atoms with Crippen LogP contribution >= 0.6 is 0 Å². The van der Waals surface area contributed by atoms with Crippen molar-refractivity contribution in [1.29, 1.82) is 0 Å². The van der Waals surface area contributed by atoms with E-state index in [2.05, 4.69) is 16.1 Å². The lowest BCUT2D eigenvalue weighted by molar-refractivity contribution is -0.696. The molecule has 0 amide bonds. The summed E-state index contributed by atoms with van der Waals surface area (Å²) in [5.41, 5.74) is 0. The maximum absolute atomic E-state index is 10.3. The molecule has 0 atom stereocenters. The third-order valence-electron chi connectivity index (χ3n) is 2.42. The van der Waals surface area contributed by atoms with Crippen LogP contribution in [0.5, 0.6) is 0 Å². The number of rotatable bonds is 7. The van der Waals surface area contributed by atoms with Gasteiger partial charge in [0.2, 0.25) is 6.33 Å². The van der Waals surface area contributed by atoms with E-state index in [-0.39, 0.29) is 5.75 Å². The predicted octanol–water partition coefficient (Wildman–Crippen LogP) is 0.511. The highest BCUT2D eigenvalue weighted by Crippen LogP contribution is 1.98. The zero-order chi connectivity index (χ0) is 12.0. The topological polar surface area (TPSA) is 66.0 Å². The van der Waals surface area contributed by atoms with Crippen molar-refractivity contribution in [2.24, 2.45) is 0 Å². The van der Waals surface area contributed by atoms with E-state index in [0.717, 1.165) is 25.9 Å². The normalized spacial score (nSPS) is 11.9. The molecule has 0 spiro atoms. The van der Waals surface area contributed by atoms with Crippen LogP contribution in [0.15, 0.2) is 18.7 Å². The van der Waals surface area contributed by atoms with Gasteiger partial charge in [-0.3, -0.25) is 0 Å². The number of hydrogen-bond donors (Lipinski definition) is 0. The molecular formula is C10H18N2O3S. The zero-order valence-electron chi connectivity index (χ0n) is 9.50. The predicted molar refractivity (Wildman–Crippen MR) is 58.7 cm³/mol. The number of imidazole rings is 1. The van der Waals surface area contributed by atoms with E-state index in [0.29, 0.717) is 6.42 Å². The first-order chi connectivity index (χ1) is 7.51. The lowest BCUT2D eigenvalue weighted by Gasteiger charge is -2.05. The molecule has 0 aromatic carbocycles. The third kappa shape index (κ3) is 5.27. The molecule has 92 valence electrons. The summed E-state index contributed by atoms with van der Waals surface area (Å²) in [5, 5.41) is 0. The van der Waals surface area contributed by atoms with Gasteiger partial charge < -0.3 is 4.55 Å². The number of aromatic nitrogens is 2. The van der Waals surface area contributed by atoms with Crippen molar-refractivity contribution in [1.82, 2.24) is 4.57 Å². The summed E-state index contributed by atoms with van der Waals surface area (Å²) in [7, 11) is -4.03. The standard InChI is InChI=1S/C10H18N2O3S/c1-2-11-7-8-12(10-11)6-4-3-5-9-16(13,14)15/h7-8,10H,2-6,9H2,1H3. The minimum atomic E-state index is -4.03. The van der Waals surface area contributed by atoms with Gasteiger partial charge in [0.15, 0.2) is 0 Å². The summed E-state index contributed by atoms with van der Waals surface area (Å²) in [4.78, 5) is 0. The maximum Gasteiger partial charge on any atom is 0.243 e. The molecule has 0 bridgehead atoms. The maximum atomic E-state index is 10.3. The highest BCUT2D eigenvalue weighted by atomic mass is 32.2. The van der Waals surface area contributed by atoms with E-state index in [1.54, 1.807) is 0 Å². The number of unbranched alkanes of at least 4 members (excludes halogenated alkanes) is 2. The van der Waals surface area contributed by atoms with Crippen LogP contribution in [0.4, 0.5) is 0 Å². The summed E-state index contributed by atoms with van der Waals surface area (Å²) < 4.78 is 35.2. The quantitative estimate of drug-likeness (QED) is 0.400. The molecule has 0 aliphatic carbocycles. The smallest absolute Gasteiger partial charge is 0.243 e. The fourth-order valence-corrected chi connectivity index (χ4v) is 2.07. The van der Waals surface area contributed by atoms with E-state index in [4.69, 9.17) is 0 Å². The number of hydrogen-bond acceptors (Lipinski definition) is 3. The fraction of sp³-hybridized carbons (Fsp3) is 0.700. The van der Waals surface area contributed by atoms with Gasteiger partial charge >= 0.3 is 0 Å². The van der Waals surface area contributed by atoms with Crippen molar-refractivity contribution in [3.05, 3.63) is 18.7 Å². The molecule has 0 N–H and O–H groups in total. The molecule has 0 saturated carbocycles. The van der Waals surface area contributed by atoms with Gasteiger partial charge in [0, 0.05) is 5.75 Å². The minimum Gasteiger partial charge on any atom is -0.748 e. The zero-order valence-corrected chi connectivity index (χ0v) is 10.3.